The maximum atomic E-state index is 2.27. The molecule has 7 heavy (non-hydrogen) atoms. The quantitative estimate of drug-likeness (QED) is 0.389. The Kier molecular flexibility index (Phi) is 6.41. The molecule has 0 bridgehead atoms. The van der Waals surface area contributed by atoms with Crippen molar-refractivity contribution in [3.63, 3.8) is 0 Å². The summed E-state index contributed by atoms with van der Waals surface area (Å²) in [7, 11) is 1.17. The summed E-state index contributed by atoms with van der Waals surface area (Å²) in [6.07, 6.45) is 4.25. The van der Waals surface area contributed by atoms with Crippen molar-refractivity contribution in [3.05, 3.63) is 0 Å². The minimum Gasteiger partial charge on any atom is -0.0733 e. The van der Waals surface area contributed by atoms with E-state index in [4.69, 9.17) is 0 Å². The Bertz CT molecular complexity index is 23.4. The van der Waals surface area contributed by atoms with Crippen LogP contribution in [0.1, 0.15) is 26.2 Å². The Balaban J connectivity index is 2.45. The lowest BCUT2D eigenvalue weighted by Crippen LogP contribution is -1.79. The van der Waals surface area contributed by atoms with E-state index in [-0.39, 0.29) is 0 Å². The summed E-state index contributed by atoms with van der Waals surface area (Å²) in [4.78, 5) is 0. The maximum absolute atomic E-state index is 2.27. The van der Waals surface area contributed by atoms with Crippen molar-refractivity contribution in [1.29, 1.82) is 0 Å². The van der Waals surface area contributed by atoms with Gasteiger partial charge in [0.25, 0.3) is 0 Å². The zero-order valence-corrected chi connectivity index (χ0v) is 6.33. The van der Waals surface area contributed by atoms with Crippen LogP contribution in [-0.4, -0.2) is 9.52 Å². The van der Waals surface area contributed by atoms with Crippen LogP contribution >= 0.6 is 0 Å². The second-order valence-electron chi connectivity index (χ2n) is 1.81. The highest BCUT2D eigenvalue weighted by molar-refractivity contribution is 6.33. The minimum atomic E-state index is 1.17. The smallest absolute Gasteiger partial charge is 0.0342 e. The van der Waals surface area contributed by atoms with Gasteiger partial charge >= 0.3 is 0 Å². The van der Waals surface area contributed by atoms with Gasteiger partial charge in [0.05, 0.1) is 0 Å². The molecule has 1 heteroatoms. The summed E-state index contributed by atoms with van der Waals surface area (Å²) >= 11 is 0. The van der Waals surface area contributed by atoms with Gasteiger partial charge in [-0.1, -0.05) is 38.8 Å². The van der Waals surface area contributed by atoms with Crippen LogP contribution in [-0.2, 0) is 0 Å². The molecule has 0 nitrogen and oxygen atoms in total. The van der Waals surface area contributed by atoms with E-state index >= 15 is 0 Å². The van der Waals surface area contributed by atoms with Gasteiger partial charge in [0, 0.05) is 9.52 Å². The van der Waals surface area contributed by atoms with Crippen LogP contribution in [0.25, 0.3) is 0 Å². The Hall–Kier alpha value is 0.217. The average Bonchev–Trinajstić information content (AvgIpc) is 1.69. The number of hydrogen-bond donors (Lipinski definition) is 0. The molecule has 0 heterocycles. The molecule has 0 fully saturated rings. The van der Waals surface area contributed by atoms with E-state index in [0.717, 1.165) is 0 Å². The molecule has 2 radical (unpaired) electrons. The highest BCUT2D eigenvalue weighted by atomic mass is 28.2. The van der Waals surface area contributed by atoms with E-state index < -0.39 is 0 Å². The summed E-state index contributed by atoms with van der Waals surface area (Å²) in [5.74, 6) is 0. The molecule has 0 aromatic rings. The highest BCUT2D eigenvalue weighted by Crippen LogP contribution is 1.97. The van der Waals surface area contributed by atoms with Gasteiger partial charge in [-0.25, -0.2) is 0 Å². The fourth-order valence-electron chi connectivity index (χ4n) is 0.552. The predicted octanol–water partition coefficient (Wildman–Crippen LogP) is 2.35. The molecule has 0 aliphatic rings. The van der Waals surface area contributed by atoms with Crippen molar-refractivity contribution in [2.75, 3.05) is 0 Å². The number of hydrogen-bond acceptors (Lipinski definition) is 0. The van der Waals surface area contributed by atoms with Crippen LogP contribution in [0.2, 0.25) is 12.6 Å². The van der Waals surface area contributed by atoms with Gasteiger partial charge in [0.2, 0.25) is 0 Å². The largest absolute Gasteiger partial charge is 0.0733 e. The molecule has 0 rings (SSSR count). The molecule has 42 valence electrons. The van der Waals surface area contributed by atoms with Crippen LogP contribution in [0.4, 0.5) is 0 Å². The molecule has 0 aliphatic heterocycles. The monoisotopic (exact) mass is 114 g/mol. The zero-order chi connectivity index (χ0) is 5.54. The SMILES string of the molecule is CCCCC[Si]C. The van der Waals surface area contributed by atoms with Crippen LogP contribution in [0, 0.1) is 0 Å². The van der Waals surface area contributed by atoms with Crippen LogP contribution in [0.15, 0.2) is 0 Å². The van der Waals surface area contributed by atoms with Crippen molar-refractivity contribution >= 4 is 9.52 Å². The van der Waals surface area contributed by atoms with Gasteiger partial charge in [0.1, 0.15) is 0 Å². The number of rotatable bonds is 4. The first-order chi connectivity index (χ1) is 3.41. The standard InChI is InChI=1S/C6H14Si/c1-3-4-5-6-7-2/h3-6H2,1-2H3. The van der Waals surface area contributed by atoms with E-state index in [0.29, 0.717) is 0 Å². The zero-order valence-electron chi connectivity index (χ0n) is 5.33. The molecule has 0 atom stereocenters. The van der Waals surface area contributed by atoms with Gasteiger partial charge in [-0.05, 0) is 0 Å². The molecular weight excluding hydrogens is 100 g/mol. The fraction of sp³-hybridized carbons (Fsp3) is 1.00. The summed E-state index contributed by atoms with van der Waals surface area (Å²) in [5.41, 5.74) is 0. The molecule has 0 unspecified atom stereocenters. The minimum absolute atomic E-state index is 1.17. The van der Waals surface area contributed by atoms with Gasteiger partial charge < -0.3 is 0 Å². The van der Waals surface area contributed by atoms with Gasteiger partial charge in [-0.15, -0.1) is 0 Å². The Labute approximate surface area is 49.1 Å². The molecule has 0 N–H and O–H groups in total. The van der Waals surface area contributed by atoms with E-state index in [1.54, 1.807) is 0 Å². The van der Waals surface area contributed by atoms with Gasteiger partial charge in [0.15, 0.2) is 0 Å². The third-order valence-corrected chi connectivity index (χ3v) is 1.88. The van der Waals surface area contributed by atoms with Gasteiger partial charge in [-0.2, -0.15) is 0 Å². The molecule has 0 aromatic heterocycles. The lowest BCUT2D eigenvalue weighted by atomic mass is 10.3. The molecule has 0 amide bonds. The molecule has 0 spiro atoms. The Morgan fingerprint density at radius 3 is 2.43 bits per heavy atom. The molecule has 0 aromatic carbocycles. The molecule has 0 aliphatic carbocycles. The molecule has 0 saturated heterocycles. The second kappa shape index (κ2) is 6.22. The van der Waals surface area contributed by atoms with E-state index in [1.807, 2.05) is 0 Å². The topological polar surface area (TPSA) is 0 Å². The third-order valence-electron chi connectivity index (χ3n) is 1.03. The normalized spacial score (nSPS) is 9.43. The summed E-state index contributed by atoms with van der Waals surface area (Å²) in [6.45, 7) is 4.52. The van der Waals surface area contributed by atoms with E-state index in [1.165, 1.54) is 34.8 Å². The number of unbranched alkanes of at least 4 members (excludes halogenated alkanes) is 2. The van der Waals surface area contributed by atoms with Crippen molar-refractivity contribution < 1.29 is 0 Å². The highest BCUT2D eigenvalue weighted by Gasteiger charge is 1.81. The summed E-state index contributed by atoms with van der Waals surface area (Å²) in [5, 5.41) is 0. The Morgan fingerprint density at radius 2 is 2.00 bits per heavy atom. The van der Waals surface area contributed by atoms with Crippen molar-refractivity contribution in [2.24, 2.45) is 0 Å². The van der Waals surface area contributed by atoms with Crippen LogP contribution < -0.4 is 0 Å². The summed E-state index contributed by atoms with van der Waals surface area (Å²) in [6, 6.07) is 1.45. The second-order valence-corrected chi connectivity index (χ2v) is 3.02. The maximum Gasteiger partial charge on any atom is 0.0342 e. The molecular formula is C6H14Si. The summed E-state index contributed by atoms with van der Waals surface area (Å²) < 4.78 is 0. The average molecular weight is 114 g/mol. The first kappa shape index (κ1) is 7.22. The van der Waals surface area contributed by atoms with Crippen molar-refractivity contribution in [3.8, 4) is 0 Å². The lowest BCUT2D eigenvalue weighted by molar-refractivity contribution is 0.769. The lowest BCUT2D eigenvalue weighted by Gasteiger charge is -1.89. The van der Waals surface area contributed by atoms with E-state index in [9.17, 15) is 0 Å². The van der Waals surface area contributed by atoms with Gasteiger partial charge in [-0.3, -0.25) is 0 Å². The van der Waals surface area contributed by atoms with Crippen molar-refractivity contribution in [2.45, 2.75) is 38.8 Å². The van der Waals surface area contributed by atoms with Crippen molar-refractivity contribution in [1.82, 2.24) is 0 Å². The Morgan fingerprint density at radius 1 is 1.29 bits per heavy atom. The predicted molar refractivity (Wildman–Crippen MR) is 35.9 cm³/mol. The third kappa shape index (κ3) is 6.22. The van der Waals surface area contributed by atoms with Crippen LogP contribution in [0.5, 0.6) is 0 Å². The van der Waals surface area contributed by atoms with Crippen LogP contribution in [0.3, 0.4) is 0 Å². The first-order valence-corrected chi connectivity index (χ1v) is 4.77. The van der Waals surface area contributed by atoms with E-state index in [2.05, 4.69) is 13.5 Å². The fourth-order valence-corrected chi connectivity index (χ4v) is 1.16. The first-order valence-electron chi connectivity index (χ1n) is 3.06. The molecule has 0 saturated carbocycles.